The summed E-state index contributed by atoms with van der Waals surface area (Å²) in [6.45, 7) is -14.9. The Morgan fingerprint density at radius 1 is 0.301 bits per heavy atom. The molecule has 6 saturated heterocycles. The summed E-state index contributed by atoms with van der Waals surface area (Å²) in [7, 11) is 2.73. The van der Waals surface area contributed by atoms with Gasteiger partial charge in [0.05, 0.1) is 77.4 Å². The third kappa shape index (κ3) is 24.6. The van der Waals surface area contributed by atoms with Crippen molar-refractivity contribution in [3.05, 3.63) is 0 Å². The topological polar surface area (TPSA) is 766 Å². The van der Waals surface area contributed by atoms with Crippen LogP contribution in [0.3, 0.4) is 0 Å². The lowest BCUT2D eigenvalue weighted by molar-refractivity contribution is -0.217. The van der Waals surface area contributed by atoms with Gasteiger partial charge in [-0.05, 0) is 0 Å². The Bertz CT molecular complexity index is 3440. The van der Waals surface area contributed by atoms with Crippen molar-refractivity contribution in [2.24, 2.45) is 0 Å². The van der Waals surface area contributed by atoms with Crippen LogP contribution in [0.5, 0.6) is 0 Å². The summed E-state index contributed by atoms with van der Waals surface area (Å²) in [5.41, 5.74) is -19.0. The van der Waals surface area contributed by atoms with Crippen molar-refractivity contribution in [1.82, 2.24) is 0 Å². The molecule has 6 fully saturated rings. The Hall–Kier alpha value is -8.75. The number of ether oxygens (including phenoxy) is 18. The van der Waals surface area contributed by atoms with Gasteiger partial charge in [-0.25, -0.2) is 24.0 Å². The van der Waals surface area contributed by atoms with Gasteiger partial charge in [-0.1, -0.05) is 0 Å². The third-order valence-electron chi connectivity index (χ3n) is 17.8. The van der Waals surface area contributed by atoms with Crippen LogP contribution in [0.4, 0.5) is 0 Å². The number of fused-ring (bicyclic) bond motifs is 18. The SMILES string of the molecule is COC[C@H](O)[C@H]1OC(=O)CC2(O)CC(=O)OC[C@@H](O)[C@H]3OC(=O)C(O)(CC(=O)OC[C@H](O)[C@H]4OC(=O)C(O)(CC(=O)OC[C@H](O)[C@H]3O)CC(=O)O[C@H](COC)[C@H]4O)CC(=O)O[C@@H]([C@@H]3OC(=O)C(O)(CC(=O)OC[C@@H](O)[C@H]1O)CC(=O)OC[C@H](O)[C@H]1OC(=O)C(O)(CC(=O)OC[C@H]3O)CC(=O)OC[C@@H](O)[C@H]1OC)[C@@H](O)COC2=O. The van der Waals surface area contributed by atoms with Crippen molar-refractivity contribution in [1.29, 1.82) is 0 Å². The number of methoxy groups -OCH3 is 3. The highest BCUT2D eigenvalue weighted by atomic mass is 16.7. The van der Waals surface area contributed by atoms with Crippen LogP contribution in [-0.4, -0.2) is 414 Å². The molecule has 0 saturated carbocycles. The average Bonchev–Trinajstić information content (AvgIpc) is 1.25. The zero-order valence-corrected chi connectivity index (χ0v) is 59.8. The van der Waals surface area contributed by atoms with E-state index in [1.54, 1.807) is 0 Å². The van der Waals surface area contributed by atoms with Gasteiger partial charge in [0.1, 0.15) is 132 Å². The molecule has 638 valence electrons. The van der Waals surface area contributed by atoms with E-state index in [4.69, 9.17) is 85.3 Å². The van der Waals surface area contributed by atoms with Crippen LogP contribution in [-0.2, 0) is 157 Å². The van der Waals surface area contributed by atoms with E-state index in [9.17, 15) is 159 Å². The first kappa shape index (κ1) is 93.1. The minimum atomic E-state index is -4.15. The van der Waals surface area contributed by atoms with Crippen molar-refractivity contribution >= 4 is 89.5 Å². The van der Waals surface area contributed by atoms with Gasteiger partial charge < -0.3 is 172 Å². The highest BCUT2D eigenvalue weighted by molar-refractivity contribution is 5.94. The number of carbonyl (C=O) groups is 15. The molecule has 6 aliphatic rings. The second-order valence-corrected chi connectivity index (χ2v) is 26.9. The largest absolute Gasteiger partial charge is 0.463 e. The van der Waals surface area contributed by atoms with Crippen LogP contribution in [0.1, 0.15) is 64.2 Å². The molecule has 0 aliphatic carbocycles. The maximum Gasteiger partial charge on any atom is 0.339 e. The predicted molar refractivity (Wildman–Crippen MR) is 334 cm³/mol. The number of aliphatic hydroxyl groups is 17. The summed E-state index contributed by atoms with van der Waals surface area (Å²) in [6.07, 6.45) is -73.0. The van der Waals surface area contributed by atoms with Gasteiger partial charge in [-0.3, -0.25) is 47.9 Å². The Labute approximate surface area is 633 Å². The molecule has 0 amide bonds. The summed E-state index contributed by atoms with van der Waals surface area (Å²) in [4.78, 5) is 210. The van der Waals surface area contributed by atoms with E-state index in [1.807, 2.05) is 0 Å². The second-order valence-electron chi connectivity index (χ2n) is 26.9. The maximum absolute atomic E-state index is 15.0. The summed E-state index contributed by atoms with van der Waals surface area (Å²) < 4.78 is 91.3. The van der Waals surface area contributed by atoms with E-state index in [2.05, 4.69) is 0 Å². The van der Waals surface area contributed by atoms with Gasteiger partial charge >= 0.3 is 89.5 Å². The molecule has 5 unspecified atom stereocenters. The minimum Gasteiger partial charge on any atom is -0.463 e. The second kappa shape index (κ2) is 40.0. The van der Waals surface area contributed by atoms with Gasteiger partial charge in [0.15, 0.2) is 70.7 Å². The molecule has 0 aromatic heterocycles. The first-order valence-electron chi connectivity index (χ1n) is 33.7. The maximum atomic E-state index is 15.0. The van der Waals surface area contributed by atoms with Crippen LogP contribution < -0.4 is 0 Å². The smallest absolute Gasteiger partial charge is 0.339 e. The summed E-state index contributed by atoms with van der Waals surface area (Å²) in [5.74, 6) is -31.0. The number of carbonyl (C=O) groups excluding carboxylic acids is 15. The Morgan fingerprint density at radius 3 is 0.947 bits per heavy atom. The summed E-state index contributed by atoms with van der Waals surface area (Å²) in [5, 5.41) is 198. The minimum absolute atomic E-state index is 0.807. The number of hydrogen-bond acceptors (Lipinski definition) is 50. The van der Waals surface area contributed by atoms with Crippen LogP contribution >= 0.6 is 0 Å². The molecule has 0 aromatic rings. The number of rotatable bonds is 6. The molecular formula is C63H86O50. The molecule has 6 heterocycles. The van der Waals surface area contributed by atoms with E-state index in [-0.39, 0.29) is 0 Å². The van der Waals surface area contributed by atoms with E-state index in [0.29, 0.717) is 0 Å². The lowest BCUT2D eigenvalue weighted by Crippen LogP contribution is -2.57. The van der Waals surface area contributed by atoms with Crippen LogP contribution in [0.15, 0.2) is 0 Å². The number of hydrogen-bond donors (Lipinski definition) is 17. The highest BCUT2D eigenvalue weighted by Crippen LogP contribution is 2.33. The molecule has 113 heavy (non-hydrogen) atoms. The molecule has 50 heteroatoms. The van der Waals surface area contributed by atoms with Crippen molar-refractivity contribution in [3.63, 3.8) is 0 Å². The molecule has 10 bridgehead atoms. The van der Waals surface area contributed by atoms with Crippen molar-refractivity contribution in [2.75, 3.05) is 87.4 Å². The fourth-order valence-corrected chi connectivity index (χ4v) is 11.6. The van der Waals surface area contributed by atoms with Gasteiger partial charge in [0.25, 0.3) is 0 Å². The fraction of sp³-hybridized carbons (Fsp3) is 0.762. The number of cyclic esters (lactones) is 9. The Kier molecular flexibility index (Phi) is 33.0. The lowest BCUT2D eigenvalue weighted by Gasteiger charge is -2.37. The Balaban J connectivity index is 1.60. The van der Waals surface area contributed by atoms with Gasteiger partial charge in [-0.2, -0.15) is 0 Å². The average molecular weight is 1640 g/mol. The van der Waals surface area contributed by atoms with Gasteiger partial charge in [-0.15, -0.1) is 0 Å². The van der Waals surface area contributed by atoms with Crippen LogP contribution in [0, 0.1) is 0 Å². The molecule has 50 nitrogen and oxygen atoms in total. The molecule has 25 atom stereocenters. The molecule has 0 aromatic carbocycles. The van der Waals surface area contributed by atoms with E-state index < -0.39 is 370 Å². The molecule has 0 radical (unpaired) electrons. The quantitative estimate of drug-likeness (QED) is 0.0867. The summed E-state index contributed by atoms with van der Waals surface area (Å²) >= 11 is 0. The van der Waals surface area contributed by atoms with E-state index in [1.165, 1.54) is 0 Å². The molecule has 6 rings (SSSR count). The molecule has 17 N–H and O–H groups in total. The van der Waals surface area contributed by atoms with Crippen molar-refractivity contribution < 1.29 is 244 Å². The summed E-state index contributed by atoms with van der Waals surface area (Å²) in [6, 6.07) is 0. The van der Waals surface area contributed by atoms with Gasteiger partial charge in [0.2, 0.25) is 0 Å². The standard InChI is InChI=1S/C63H86O50/c1-96-14-26(66)47-44(83)24(64)15-99-35(74)5-61(93)8-38(77)104-20-30(70)51-50(98-3)29(69)19-103-37(76)6-60(92,57(89)112-51)7-39(78)105-21-31(71)53(113-58(61)90)52-32(72)22-106-54(86)59(91,12-42(81)108-47)4-34(73)101-17-27(67)48-45(84)25(65)16-100-36(75)9-62(94)11-41(80)107-33(23-97-2)46(85)49(111-56(62)88)28(68)18-102-40(79)10-63(95,55(87)110-48)13-43(82)109-52/h24-33,44-53,64-72,83-85,91-95H,4-23H2,1-3H3/t24-,25+,26+,27-,28+,29-,30+,31-,32+,33-,44-,45-,46-,47-,48-,49-,50-,51-,52-,53-,59?,60?,61?,62?,63?/m1/s1. The molecule has 0 spiro atoms. The van der Waals surface area contributed by atoms with E-state index in [0.717, 1.165) is 21.3 Å². The van der Waals surface area contributed by atoms with Crippen LogP contribution in [0.2, 0.25) is 0 Å². The van der Waals surface area contributed by atoms with Crippen molar-refractivity contribution in [2.45, 2.75) is 214 Å². The number of aliphatic hydroxyl groups excluding tert-OH is 12. The lowest BCUT2D eigenvalue weighted by atomic mass is 9.93. The van der Waals surface area contributed by atoms with E-state index >= 15 is 0 Å². The normalized spacial score (nSPS) is 39.2. The predicted octanol–water partition coefficient (Wildman–Crippen LogP) is -15.0. The highest BCUT2D eigenvalue weighted by Gasteiger charge is 2.57. The third-order valence-corrected chi connectivity index (χ3v) is 17.8. The zero-order chi connectivity index (χ0) is 84.6. The first-order valence-corrected chi connectivity index (χ1v) is 33.7. The molecular weight excluding hydrogens is 1560 g/mol. The zero-order valence-electron chi connectivity index (χ0n) is 59.8. The fourth-order valence-electron chi connectivity index (χ4n) is 11.6. The first-order chi connectivity index (χ1) is 52.7. The molecule has 6 aliphatic heterocycles. The Morgan fingerprint density at radius 2 is 0.575 bits per heavy atom. The number of esters is 15. The van der Waals surface area contributed by atoms with Crippen LogP contribution in [0.25, 0.3) is 0 Å². The monoisotopic (exact) mass is 1640 g/mol. The van der Waals surface area contributed by atoms with Crippen molar-refractivity contribution in [3.8, 4) is 0 Å². The van der Waals surface area contributed by atoms with Gasteiger partial charge in [0, 0.05) is 21.3 Å².